The number of carboxylic acids is 1. The van der Waals surface area contributed by atoms with Crippen LogP contribution in [-0.4, -0.2) is 28.3 Å². The maximum absolute atomic E-state index is 10.8. The highest BCUT2D eigenvalue weighted by Gasteiger charge is 2.19. The van der Waals surface area contributed by atoms with Gasteiger partial charge in [0.25, 0.3) is 0 Å². The van der Waals surface area contributed by atoms with Gasteiger partial charge in [-0.05, 0) is 56.4 Å². The SMILES string of the molecule is Cc1cc(C(=O)O)ccc1NC1CCC(O)CC1. The van der Waals surface area contributed by atoms with Gasteiger partial charge in [0.2, 0.25) is 0 Å². The Morgan fingerprint density at radius 3 is 2.50 bits per heavy atom. The number of anilines is 1. The summed E-state index contributed by atoms with van der Waals surface area (Å²) in [4.78, 5) is 10.8. The second-order valence-corrected chi connectivity index (χ2v) is 4.98. The second kappa shape index (κ2) is 5.40. The van der Waals surface area contributed by atoms with Crippen molar-refractivity contribution in [1.82, 2.24) is 0 Å². The van der Waals surface area contributed by atoms with Crippen LogP contribution in [0.1, 0.15) is 41.6 Å². The van der Waals surface area contributed by atoms with Crippen LogP contribution >= 0.6 is 0 Å². The summed E-state index contributed by atoms with van der Waals surface area (Å²) in [5.41, 5.74) is 2.25. The van der Waals surface area contributed by atoms with Gasteiger partial charge in [-0.2, -0.15) is 0 Å². The minimum Gasteiger partial charge on any atom is -0.478 e. The van der Waals surface area contributed by atoms with Crippen molar-refractivity contribution in [3.8, 4) is 0 Å². The molecule has 3 N–H and O–H groups in total. The zero-order chi connectivity index (χ0) is 13.1. The molecule has 4 heteroatoms. The molecule has 0 heterocycles. The molecule has 1 aromatic rings. The van der Waals surface area contributed by atoms with Crippen molar-refractivity contribution in [3.05, 3.63) is 29.3 Å². The fourth-order valence-corrected chi connectivity index (χ4v) is 2.40. The molecular weight excluding hydrogens is 230 g/mol. The minimum atomic E-state index is -0.898. The maximum Gasteiger partial charge on any atom is 0.335 e. The Labute approximate surface area is 107 Å². The number of hydrogen-bond acceptors (Lipinski definition) is 3. The van der Waals surface area contributed by atoms with Gasteiger partial charge in [0.15, 0.2) is 0 Å². The van der Waals surface area contributed by atoms with Gasteiger partial charge in [0, 0.05) is 11.7 Å². The zero-order valence-corrected chi connectivity index (χ0v) is 10.5. The van der Waals surface area contributed by atoms with E-state index < -0.39 is 5.97 Å². The van der Waals surface area contributed by atoms with Crippen LogP contribution in [0.15, 0.2) is 18.2 Å². The van der Waals surface area contributed by atoms with Crippen molar-refractivity contribution >= 4 is 11.7 Å². The van der Waals surface area contributed by atoms with E-state index in [-0.39, 0.29) is 6.10 Å². The first kappa shape index (κ1) is 12.9. The van der Waals surface area contributed by atoms with E-state index in [9.17, 15) is 9.90 Å². The van der Waals surface area contributed by atoms with Crippen molar-refractivity contribution < 1.29 is 15.0 Å². The van der Waals surface area contributed by atoms with Crippen LogP contribution in [-0.2, 0) is 0 Å². The van der Waals surface area contributed by atoms with Gasteiger partial charge in [-0.3, -0.25) is 0 Å². The summed E-state index contributed by atoms with van der Waals surface area (Å²) in [6.07, 6.45) is 3.44. The molecule has 4 nitrogen and oxygen atoms in total. The fourth-order valence-electron chi connectivity index (χ4n) is 2.40. The largest absolute Gasteiger partial charge is 0.478 e. The lowest BCUT2D eigenvalue weighted by molar-refractivity contribution is 0.0696. The molecule has 0 bridgehead atoms. The summed E-state index contributed by atoms with van der Waals surface area (Å²) < 4.78 is 0. The molecule has 0 aromatic heterocycles. The summed E-state index contributed by atoms with van der Waals surface area (Å²) in [6, 6.07) is 5.50. The molecule has 98 valence electrons. The lowest BCUT2D eigenvalue weighted by atomic mass is 9.92. The monoisotopic (exact) mass is 249 g/mol. The van der Waals surface area contributed by atoms with Crippen molar-refractivity contribution in [2.24, 2.45) is 0 Å². The van der Waals surface area contributed by atoms with Crippen molar-refractivity contribution in [2.75, 3.05) is 5.32 Å². The van der Waals surface area contributed by atoms with E-state index in [1.54, 1.807) is 12.1 Å². The highest BCUT2D eigenvalue weighted by molar-refractivity contribution is 5.88. The Kier molecular flexibility index (Phi) is 3.87. The maximum atomic E-state index is 10.8. The molecule has 0 amide bonds. The van der Waals surface area contributed by atoms with E-state index >= 15 is 0 Å². The summed E-state index contributed by atoms with van der Waals surface area (Å²) in [7, 11) is 0. The Morgan fingerprint density at radius 1 is 1.28 bits per heavy atom. The molecule has 2 rings (SSSR count). The van der Waals surface area contributed by atoms with Gasteiger partial charge < -0.3 is 15.5 Å². The second-order valence-electron chi connectivity index (χ2n) is 4.98. The number of carbonyl (C=O) groups is 1. The zero-order valence-electron chi connectivity index (χ0n) is 10.5. The summed E-state index contributed by atoms with van der Waals surface area (Å²) in [5, 5.41) is 21.8. The van der Waals surface area contributed by atoms with Gasteiger partial charge >= 0.3 is 5.97 Å². The molecule has 1 aliphatic carbocycles. The van der Waals surface area contributed by atoms with Gasteiger partial charge in [-0.15, -0.1) is 0 Å². The van der Waals surface area contributed by atoms with E-state index in [1.165, 1.54) is 0 Å². The number of aryl methyl sites for hydroxylation is 1. The van der Waals surface area contributed by atoms with Gasteiger partial charge in [-0.1, -0.05) is 0 Å². The standard InChI is InChI=1S/C14H19NO3/c1-9-8-10(14(17)18)2-7-13(9)15-11-3-5-12(16)6-4-11/h2,7-8,11-12,15-16H,3-6H2,1H3,(H,17,18). The first-order chi connectivity index (χ1) is 8.56. The Bertz CT molecular complexity index is 437. The van der Waals surface area contributed by atoms with E-state index in [4.69, 9.17) is 5.11 Å². The van der Waals surface area contributed by atoms with Gasteiger partial charge in [0.05, 0.1) is 11.7 Å². The molecule has 0 atom stereocenters. The molecule has 0 aliphatic heterocycles. The van der Waals surface area contributed by atoms with Crippen LogP contribution in [0.25, 0.3) is 0 Å². The number of hydrogen-bond donors (Lipinski definition) is 3. The van der Waals surface area contributed by atoms with Crippen molar-refractivity contribution in [2.45, 2.75) is 44.8 Å². The predicted molar refractivity (Wildman–Crippen MR) is 70.0 cm³/mol. The number of aliphatic hydroxyl groups is 1. The third-order valence-corrected chi connectivity index (χ3v) is 3.53. The van der Waals surface area contributed by atoms with E-state index in [2.05, 4.69) is 5.32 Å². The molecule has 0 spiro atoms. The van der Waals surface area contributed by atoms with E-state index in [1.807, 2.05) is 13.0 Å². The number of benzene rings is 1. The number of carboxylic acid groups (broad SMARTS) is 1. The molecule has 0 saturated heterocycles. The van der Waals surface area contributed by atoms with Gasteiger partial charge in [-0.25, -0.2) is 4.79 Å². The molecular formula is C14H19NO3. The Hall–Kier alpha value is -1.55. The Balaban J connectivity index is 2.03. The Morgan fingerprint density at radius 2 is 1.94 bits per heavy atom. The molecule has 18 heavy (non-hydrogen) atoms. The third-order valence-electron chi connectivity index (χ3n) is 3.53. The van der Waals surface area contributed by atoms with Crippen LogP contribution in [0, 0.1) is 6.92 Å². The van der Waals surface area contributed by atoms with Crippen LogP contribution in [0.5, 0.6) is 0 Å². The molecule has 1 aliphatic rings. The molecule has 1 fully saturated rings. The summed E-state index contributed by atoms with van der Waals surface area (Å²) in [5.74, 6) is -0.898. The first-order valence-corrected chi connectivity index (χ1v) is 6.35. The average Bonchev–Trinajstić information content (AvgIpc) is 2.34. The van der Waals surface area contributed by atoms with Crippen LogP contribution < -0.4 is 5.32 Å². The normalized spacial score (nSPS) is 23.7. The molecule has 0 radical (unpaired) electrons. The molecule has 1 aromatic carbocycles. The van der Waals surface area contributed by atoms with Crippen molar-refractivity contribution in [1.29, 1.82) is 0 Å². The van der Waals surface area contributed by atoms with Crippen LogP contribution in [0.3, 0.4) is 0 Å². The molecule has 0 unspecified atom stereocenters. The number of aromatic carboxylic acids is 1. The number of aliphatic hydroxyl groups excluding tert-OH is 1. The lowest BCUT2D eigenvalue weighted by Crippen LogP contribution is -2.28. The minimum absolute atomic E-state index is 0.154. The summed E-state index contributed by atoms with van der Waals surface area (Å²) >= 11 is 0. The van der Waals surface area contributed by atoms with E-state index in [0.717, 1.165) is 36.9 Å². The van der Waals surface area contributed by atoms with E-state index in [0.29, 0.717) is 11.6 Å². The quantitative estimate of drug-likeness (QED) is 0.769. The smallest absolute Gasteiger partial charge is 0.335 e. The number of rotatable bonds is 3. The fraction of sp³-hybridized carbons (Fsp3) is 0.500. The topological polar surface area (TPSA) is 69.6 Å². The predicted octanol–water partition coefficient (Wildman–Crippen LogP) is 2.41. The van der Waals surface area contributed by atoms with Crippen molar-refractivity contribution in [3.63, 3.8) is 0 Å². The number of nitrogens with one attached hydrogen (secondary N) is 1. The third kappa shape index (κ3) is 3.01. The van der Waals surface area contributed by atoms with Crippen LogP contribution in [0.4, 0.5) is 5.69 Å². The molecule has 1 saturated carbocycles. The van der Waals surface area contributed by atoms with Crippen LogP contribution in [0.2, 0.25) is 0 Å². The van der Waals surface area contributed by atoms with Gasteiger partial charge in [0.1, 0.15) is 0 Å². The average molecular weight is 249 g/mol. The lowest BCUT2D eigenvalue weighted by Gasteiger charge is -2.27. The first-order valence-electron chi connectivity index (χ1n) is 6.35. The summed E-state index contributed by atoms with van der Waals surface area (Å²) in [6.45, 7) is 1.91. The highest BCUT2D eigenvalue weighted by atomic mass is 16.4. The highest BCUT2D eigenvalue weighted by Crippen LogP contribution is 2.24.